The van der Waals surface area contributed by atoms with Crippen LogP contribution in [0.4, 0.5) is 0 Å². The molecule has 1 aliphatic rings. The molecule has 0 bridgehead atoms. The van der Waals surface area contributed by atoms with Gasteiger partial charge < -0.3 is 4.84 Å². The van der Waals surface area contributed by atoms with E-state index in [9.17, 15) is 0 Å². The summed E-state index contributed by atoms with van der Waals surface area (Å²) in [5.74, 6) is 0. The standard InChI is InChI=1S/C4H5NO.S/c1-2-4-6-5-3-1;/h1-5H;. The minimum Gasteiger partial charge on any atom is -0.391 e. The van der Waals surface area contributed by atoms with E-state index in [1.54, 1.807) is 18.5 Å². The van der Waals surface area contributed by atoms with Gasteiger partial charge >= 0.3 is 0 Å². The quantitative estimate of drug-likeness (QED) is 0.512. The maximum Gasteiger partial charge on any atom is 0.119 e. The highest BCUT2D eigenvalue weighted by Crippen LogP contribution is 1.80. The van der Waals surface area contributed by atoms with Gasteiger partial charge in [-0.15, -0.1) is 0 Å². The van der Waals surface area contributed by atoms with E-state index < -0.39 is 0 Å². The van der Waals surface area contributed by atoms with Crippen molar-refractivity contribution in [2.75, 3.05) is 0 Å². The smallest absolute Gasteiger partial charge is 0.119 e. The molecule has 1 rings (SSSR count). The Hall–Kier alpha value is -0.570. The average molecular weight is 115 g/mol. The second-order valence-electron chi connectivity index (χ2n) is 0.923. The monoisotopic (exact) mass is 115 g/mol. The largest absolute Gasteiger partial charge is 0.391 e. The molecule has 0 fully saturated rings. The zero-order valence-corrected chi connectivity index (χ0v) is 4.44. The van der Waals surface area contributed by atoms with Crippen molar-refractivity contribution in [3.05, 3.63) is 24.6 Å². The van der Waals surface area contributed by atoms with Crippen LogP contribution in [0, 0.1) is 0 Å². The van der Waals surface area contributed by atoms with Crippen molar-refractivity contribution in [1.29, 1.82) is 0 Å². The molecule has 1 heterocycles. The minimum absolute atomic E-state index is 0. The van der Waals surface area contributed by atoms with E-state index in [0.717, 1.165) is 0 Å². The van der Waals surface area contributed by atoms with Crippen LogP contribution in [-0.2, 0) is 4.84 Å². The number of allylic oxidation sites excluding steroid dienone is 2. The molecule has 0 saturated heterocycles. The molecule has 1 N–H and O–H groups in total. The molecule has 2 nitrogen and oxygen atoms in total. The molecule has 0 aromatic carbocycles. The van der Waals surface area contributed by atoms with Crippen LogP contribution in [0.3, 0.4) is 0 Å². The first-order valence-electron chi connectivity index (χ1n) is 1.73. The van der Waals surface area contributed by atoms with Gasteiger partial charge in [0.25, 0.3) is 0 Å². The van der Waals surface area contributed by atoms with Crippen LogP contribution in [0.1, 0.15) is 0 Å². The van der Waals surface area contributed by atoms with Gasteiger partial charge in [0, 0.05) is 19.7 Å². The first-order valence-corrected chi connectivity index (χ1v) is 1.73. The summed E-state index contributed by atoms with van der Waals surface area (Å²) in [5.41, 5.74) is 2.52. The summed E-state index contributed by atoms with van der Waals surface area (Å²) in [5, 5.41) is 0. The normalized spacial score (nSPS) is 13.7. The molecule has 7 heavy (non-hydrogen) atoms. The molecule has 1 aliphatic heterocycles. The molecule has 0 unspecified atom stereocenters. The second-order valence-corrected chi connectivity index (χ2v) is 0.923. The number of hydrogen-bond donors (Lipinski definition) is 1. The Balaban J connectivity index is 0.000000360. The highest BCUT2D eigenvalue weighted by molar-refractivity contribution is 7.59. The Labute approximate surface area is 49.3 Å². The van der Waals surface area contributed by atoms with Crippen LogP contribution in [0.2, 0.25) is 0 Å². The summed E-state index contributed by atoms with van der Waals surface area (Å²) >= 11 is 0. The van der Waals surface area contributed by atoms with Gasteiger partial charge in [-0.3, -0.25) is 0 Å². The second kappa shape index (κ2) is 3.61. The SMILES string of the molecule is C1=CNOC=C1.[S]. The predicted octanol–water partition coefficient (Wildman–Crippen LogP) is 1.20. The Morgan fingerprint density at radius 2 is 2.14 bits per heavy atom. The van der Waals surface area contributed by atoms with E-state index in [1.807, 2.05) is 6.08 Å². The first-order chi connectivity index (χ1) is 3.00. The lowest BCUT2D eigenvalue weighted by Crippen LogP contribution is -2.01. The summed E-state index contributed by atoms with van der Waals surface area (Å²) in [4.78, 5) is 4.55. The molecule has 0 aromatic heterocycles. The molecule has 0 aliphatic carbocycles. The summed E-state index contributed by atoms with van der Waals surface area (Å²) in [6.07, 6.45) is 6.93. The summed E-state index contributed by atoms with van der Waals surface area (Å²) in [6.45, 7) is 0. The van der Waals surface area contributed by atoms with Gasteiger partial charge in [0.05, 0.1) is 0 Å². The van der Waals surface area contributed by atoms with Crippen LogP contribution in [-0.4, -0.2) is 0 Å². The van der Waals surface area contributed by atoms with Crippen LogP contribution in [0.15, 0.2) is 24.6 Å². The highest BCUT2D eigenvalue weighted by atomic mass is 32.1. The Morgan fingerprint density at radius 3 is 2.29 bits per heavy atom. The fourth-order valence-corrected chi connectivity index (χ4v) is 0.258. The maximum absolute atomic E-state index is 4.55. The predicted molar refractivity (Wildman–Crippen MR) is 30.1 cm³/mol. The van der Waals surface area contributed by atoms with Crippen LogP contribution >= 0.6 is 13.5 Å². The lowest BCUT2D eigenvalue weighted by Gasteiger charge is -1.97. The third-order valence-electron chi connectivity index (χ3n) is 0.490. The molecular formula is C4H5NOS. The zero-order valence-electron chi connectivity index (χ0n) is 3.63. The Bertz CT molecular complexity index is 77.7. The van der Waals surface area contributed by atoms with Crippen molar-refractivity contribution < 1.29 is 4.84 Å². The van der Waals surface area contributed by atoms with Gasteiger partial charge in [-0.1, -0.05) is 0 Å². The lowest BCUT2D eigenvalue weighted by molar-refractivity contribution is 0.172. The Morgan fingerprint density at radius 1 is 1.29 bits per heavy atom. The fraction of sp³-hybridized carbons (Fsp3) is 0. The molecular weight excluding hydrogens is 110 g/mol. The molecule has 0 aromatic rings. The van der Waals surface area contributed by atoms with E-state index in [1.165, 1.54) is 0 Å². The molecule has 2 radical (unpaired) electrons. The van der Waals surface area contributed by atoms with Crippen molar-refractivity contribution in [2.45, 2.75) is 0 Å². The van der Waals surface area contributed by atoms with Crippen molar-refractivity contribution in [3.63, 3.8) is 0 Å². The number of rotatable bonds is 0. The number of nitrogens with one attached hydrogen (secondary N) is 1. The van der Waals surface area contributed by atoms with Gasteiger partial charge in [-0.05, 0) is 12.2 Å². The van der Waals surface area contributed by atoms with Gasteiger partial charge in [-0.2, -0.15) is 0 Å². The zero-order chi connectivity index (χ0) is 4.24. The number of hydrogen-bond acceptors (Lipinski definition) is 2. The van der Waals surface area contributed by atoms with Crippen molar-refractivity contribution in [1.82, 2.24) is 5.48 Å². The van der Waals surface area contributed by atoms with Crippen molar-refractivity contribution >= 4 is 13.5 Å². The van der Waals surface area contributed by atoms with Crippen LogP contribution < -0.4 is 5.48 Å². The van der Waals surface area contributed by atoms with E-state index in [0.29, 0.717) is 0 Å². The topological polar surface area (TPSA) is 21.3 Å². The molecule has 0 spiro atoms. The minimum atomic E-state index is 0. The molecule has 38 valence electrons. The van der Waals surface area contributed by atoms with Gasteiger partial charge in [0.2, 0.25) is 0 Å². The third-order valence-corrected chi connectivity index (χ3v) is 0.490. The van der Waals surface area contributed by atoms with E-state index >= 15 is 0 Å². The van der Waals surface area contributed by atoms with Crippen LogP contribution in [0.25, 0.3) is 0 Å². The van der Waals surface area contributed by atoms with E-state index in [2.05, 4.69) is 10.3 Å². The summed E-state index contributed by atoms with van der Waals surface area (Å²) in [7, 11) is 0. The lowest BCUT2D eigenvalue weighted by atomic mass is 10.6. The molecule has 0 atom stereocenters. The molecule has 0 amide bonds. The van der Waals surface area contributed by atoms with Gasteiger partial charge in [-0.25, -0.2) is 5.48 Å². The first kappa shape index (κ1) is 6.43. The van der Waals surface area contributed by atoms with Gasteiger partial charge in [0.1, 0.15) is 6.26 Å². The summed E-state index contributed by atoms with van der Waals surface area (Å²) < 4.78 is 0. The highest BCUT2D eigenvalue weighted by Gasteiger charge is 1.72. The Kier molecular flexibility index (Phi) is 3.32. The third kappa shape index (κ3) is 2.17. The maximum atomic E-state index is 4.55. The molecule has 3 heteroatoms. The van der Waals surface area contributed by atoms with E-state index in [4.69, 9.17) is 0 Å². The van der Waals surface area contributed by atoms with E-state index in [-0.39, 0.29) is 13.5 Å². The fourth-order valence-electron chi connectivity index (χ4n) is 0.258. The number of hydroxylamine groups is 1. The van der Waals surface area contributed by atoms with Gasteiger partial charge in [0.15, 0.2) is 0 Å². The van der Waals surface area contributed by atoms with Crippen LogP contribution in [0.5, 0.6) is 0 Å². The summed E-state index contributed by atoms with van der Waals surface area (Å²) in [6, 6.07) is 0. The van der Waals surface area contributed by atoms with Crippen molar-refractivity contribution in [2.24, 2.45) is 0 Å². The van der Waals surface area contributed by atoms with Crippen molar-refractivity contribution in [3.8, 4) is 0 Å². The average Bonchev–Trinajstić information content (AvgIpc) is 1.72. The molecule has 0 saturated carbocycles.